The van der Waals surface area contributed by atoms with Gasteiger partial charge in [0.05, 0.1) is 5.75 Å². The van der Waals surface area contributed by atoms with Gasteiger partial charge in [-0.3, -0.25) is 4.79 Å². The molecule has 0 saturated carbocycles. The molecule has 0 spiro atoms. The zero-order valence-corrected chi connectivity index (χ0v) is 15.8. The van der Waals surface area contributed by atoms with Crippen LogP contribution in [0.4, 0.5) is 0 Å². The minimum Gasteiger partial charge on any atom is -0.348 e. The summed E-state index contributed by atoms with van der Waals surface area (Å²) in [5.41, 5.74) is 3.44. The van der Waals surface area contributed by atoms with Gasteiger partial charge in [0.2, 0.25) is 10.0 Å². The molecule has 1 aliphatic heterocycles. The van der Waals surface area contributed by atoms with Crippen LogP contribution in [0.5, 0.6) is 0 Å². The third-order valence-electron chi connectivity index (χ3n) is 4.72. The average Bonchev–Trinajstić information content (AvgIpc) is 3.17. The normalized spacial score (nSPS) is 15.1. The summed E-state index contributed by atoms with van der Waals surface area (Å²) in [7, 11) is -3.26. The number of nitrogens with zero attached hydrogens (tertiary/aromatic N) is 1. The van der Waals surface area contributed by atoms with Gasteiger partial charge in [-0.2, -0.15) is 0 Å². The predicted molar refractivity (Wildman–Crippen MR) is 102 cm³/mol. The van der Waals surface area contributed by atoms with E-state index in [1.54, 1.807) is 28.6 Å². The van der Waals surface area contributed by atoms with Crippen LogP contribution in [0.25, 0.3) is 0 Å². The summed E-state index contributed by atoms with van der Waals surface area (Å²) in [5.74, 6) is -0.180. The van der Waals surface area contributed by atoms with Crippen molar-refractivity contribution < 1.29 is 13.2 Å². The molecule has 1 heterocycles. The molecule has 26 heavy (non-hydrogen) atoms. The predicted octanol–water partition coefficient (Wildman–Crippen LogP) is 2.85. The number of hydrogen-bond acceptors (Lipinski definition) is 3. The second-order valence-electron chi connectivity index (χ2n) is 6.67. The van der Waals surface area contributed by atoms with Crippen molar-refractivity contribution in [2.45, 2.75) is 32.1 Å². The van der Waals surface area contributed by atoms with Crippen LogP contribution in [0.3, 0.4) is 0 Å². The topological polar surface area (TPSA) is 66.5 Å². The van der Waals surface area contributed by atoms with Gasteiger partial charge in [-0.25, -0.2) is 12.7 Å². The van der Waals surface area contributed by atoms with Gasteiger partial charge >= 0.3 is 0 Å². The summed E-state index contributed by atoms with van der Waals surface area (Å²) >= 11 is 0. The van der Waals surface area contributed by atoms with Crippen molar-refractivity contribution in [1.82, 2.24) is 9.62 Å². The van der Waals surface area contributed by atoms with Crippen LogP contribution < -0.4 is 5.32 Å². The number of benzene rings is 2. The number of hydrogen-bond donors (Lipinski definition) is 1. The third kappa shape index (κ3) is 4.51. The van der Waals surface area contributed by atoms with E-state index >= 15 is 0 Å². The minimum atomic E-state index is -3.26. The number of amides is 1. The molecular weight excluding hydrogens is 348 g/mol. The highest BCUT2D eigenvalue weighted by Crippen LogP contribution is 2.17. The van der Waals surface area contributed by atoms with E-state index in [1.165, 1.54) is 0 Å². The summed E-state index contributed by atoms with van der Waals surface area (Å²) < 4.78 is 26.3. The summed E-state index contributed by atoms with van der Waals surface area (Å²) in [6, 6.07) is 14.7. The minimum absolute atomic E-state index is 0.0158. The lowest BCUT2D eigenvalue weighted by atomic mass is 10.1. The van der Waals surface area contributed by atoms with E-state index in [-0.39, 0.29) is 11.7 Å². The molecule has 1 saturated heterocycles. The summed E-state index contributed by atoms with van der Waals surface area (Å²) in [5, 5.41) is 2.90. The Morgan fingerprint density at radius 1 is 1.04 bits per heavy atom. The van der Waals surface area contributed by atoms with E-state index in [1.807, 2.05) is 31.2 Å². The van der Waals surface area contributed by atoms with Crippen molar-refractivity contribution in [3.05, 3.63) is 70.8 Å². The fraction of sp³-hybridized carbons (Fsp3) is 0.350. The molecule has 3 rings (SSSR count). The summed E-state index contributed by atoms with van der Waals surface area (Å²) in [6.07, 6.45) is 1.86. The number of rotatable bonds is 6. The van der Waals surface area contributed by atoms with Crippen molar-refractivity contribution in [2.75, 3.05) is 13.1 Å². The number of sulfonamides is 1. The molecule has 0 aromatic heterocycles. The molecule has 0 bridgehead atoms. The van der Waals surface area contributed by atoms with Gasteiger partial charge in [0, 0.05) is 25.2 Å². The Kier molecular flexibility index (Phi) is 5.74. The van der Waals surface area contributed by atoms with E-state index in [9.17, 15) is 13.2 Å². The molecule has 0 aliphatic carbocycles. The number of carbonyl (C=O) groups excluding carboxylic acids is 1. The van der Waals surface area contributed by atoms with Crippen LogP contribution in [-0.4, -0.2) is 31.7 Å². The van der Waals surface area contributed by atoms with Gasteiger partial charge in [-0.05, 0) is 48.6 Å². The zero-order valence-electron chi connectivity index (χ0n) is 14.9. The largest absolute Gasteiger partial charge is 0.348 e. The van der Waals surface area contributed by atoms with Crippen LogP contribution in [0.15, 0.2) is 48.5 Å². The lowest BCUT2D eigenvalue weighted by Gasteiger charge is -2.15. The standard InChI is InChI=1S/C20H24N2O3S/c1-16-6-2-3-7-19(16)14-21-20(23)18-10-8-17(9-11-18)15-26(24,25)22-12-4-5-13-22/h2-3,6-11H,4-5,12-15H2,1H3,(H,21,23). The Morgan fingerprint density at radius 2 is 1.69 bits per heavy atom. The first-order valence-corrected chi connectivity index (χ1v) is 10.5. The lowest BCUT2D eigenvalue weighted by Crippen LogP contribution is -2.29. The fourth-order valence-corrected chi connectivity index (χ4v) is 4.72. The van der Waals surface area contributed by atoms with Gasteiger partial charge < -0.3 is 5.32 Å². The molecule has 0 atom stereocenters. The van der Waals surface area contributed by atoms with Crippen LogP contribution in [0.2, 0.25) is 0 Å². The maximum absolute atomic E-state index is 12.4. The average molecular weight is 372 g/mol. The zero-order chi connectivity index (χ0) is 18.6. The number of nitrogens with one attached hydrogen (secondary N) is 1. The van der Waals surface area contributed by atoms with E-state index < -0.39 is 10.0 Å². The third-order valence-corrected chi connectivity index (χ3v) is 6.57. The summed E-state index contributed by atoms with van der Waals surface area (Å²) in [4.78, 5) is 12.3. The first kappa shape index (κ1) is 18.6. The van der Waals surface area contributed by atoms with Crippen LogP contribution in [-0.2, 0) is 22.3 Å². The molecule has 1 amide bonds. The monoisotopic (exact) mass is 372 g/mol. The molecule has 5 nitrogen and oxygen atoms in total. The van der Waals surface area contributed by atoms with Gasteiger partial charge in [0.1, 0.15) is 0 Å². The van der Waals surface area contributed by atoms with Crippen molar-refractivity contribution >= 4 is 15.9 Å². The Morgan fingerprint density at radius 3 is 2.35 bits per heavy atom. The highest BCUT2D eigenvalue weighted by Gasteiger charge is 2.25. The Balaban J connectivity index is 1.60. The smallest absolute Gasteiger partial charge is 0.251 e. The van der Waals surface area contributed by atoms with E-state index in [4.69, 9.17) is 0 Å². The molecule has 1 fully saturated rings. The van der Waals surface area contributed by atoms with Crippen LogP contribution in [0.1, 0.15) is 39.9 Å². The highest BCUT2D eigenvalue weighted by atomic mass is 32.2. The van der Waals surface area contributed by atoms with Crippen molar-refractivity contribution in [3.8, 4) is 0 Å². The maximum atomic E-state index is 12.4. The van der Waals surface area contributed by atoms with Crippen molar-refractivity contribution in [2.24, 2.45) is 0 Å². The van der Waals surface area contributed by atoms with E-state index in [2.05, 4.69) is 5.32 Å². The molecule has 6 heteroatoms. The second-order valence-corrected chi connectivity index (χ2v) is 8.64. The number of aryl methyl sites for hydroxylation is 1. The SMILES string of the molecule is Cc1ccccc1CNC(=O)c1ccc(CS(=O)(=O)N2CCCC2)cc1. The molecule has 1 N–H and O–H groups in total. The fourth-order valence-electron chi connectivity index (χ4n) is 3.11. The molecule has 1 aliphatic rings. The van der Waals surface area contributed by atoms with Crippen LogP contribution in [0, 0.1) is 6.92 Å². The van der Waals surface area contributed by atoms with Crippen molar-refractivity contribution in [3.63, 3.8) is 0 Å². The molecule has 2 aromatic carbocycles. The first-order chi connectivity index (χ1) is 12.5. The quantitative estimate of drug-likeness (QED) is 0.848. The molecule has 2 aromatic rings. The first-order valence-electron chi connectivity index (χ1n) is 8.85. The molecular formula is C20H24N2O3S. The number of carbonyl (C=O) groups is 1. The highest BCUT2D eigenvalue weighted by molar-refractivity contribution is 7.88. The molecule has 138 valence electrons. The van der Waals surface area contributed by atoms with Gasteiger partial charge in [-0.1, -0.05) is 36.4 Å². The van der Waals surface area contributed by atoms with Crippen LogP contribution >= 0.6 is 0 Å². The van der Waals surface area contributed by atoms with Gasteiger partial charge in [0.25, 0.3) is 5.91 Å². The second kappa shape index (κ2) is 8.01. The molecule has 0 radical (unpaired) electrons. The van der Waals surface area contributed by atoms with Crippen molar-refractivity contribution in [1.29, 1.82) is 0 Å². The Bertz CT molecular complexity index is 870. The molecule has 0 unspecified atom stereocenters. The Hall–Kier alpha value is -2.18. The van der Waals surface area contributed by atoms with E-state index in [0.717, 1.165) is 24.0 Å². The van der Waals surface area contributed by atoms with E-state index in [0.29, 0.717) is 30.8 Å². The van der Waals surface area contributed by atoms with Gasteiger partial charge in [0.15, 0.2) is 0 Å². The van der Waals surface area contributed by atoms with Gasteiger partial charge in [-0.15, -0.1) is 0 Å². The maximum Gasteiger partial charge on any atom is 0.251 e. The summed E-state index contributed by atoms with van der Waals surface area (Å²) in [6.45, 7) is 3.71. The lowest BCUT2D eigenvalue weighted by molar-refractivity contribution is 0.0951. The Labute approximate surface area is 155 Å².